The predicted octanol–water partition coefficient (Wildman–Crippen LogP) is 4.22. The molecule has 0 amide bonds. The van der Waals surface area contributed by atoms with Gasteiger partial charge in [0.25, 0.3) is 8.32 Å². The third-order valence-corrected chi connectivity index (χ3v) is 8.01. The Balaban J connectivity index is 3.36. The number of rotatable bonds is 3. The highest BCUT2D eigenvalue weighted by atomic mass is 28.4. The molecule has 0 aliphatic carbocycles. The fraction of sp³-hybridized carbons (Fsp3) is 0.500. The van der Waals surface area contributed by atoms with Crippen molar-refractivity contribution in [3.63, 3.8) is 0 Å². The van der Waals surface area contributed by atoms with Crippen molar-refractivity contribution in [2.75, 3.05) is 0 Å². The molecule has 1 aromatic carbocycles. The summed E-state index contributed by atoms with van der Waals surface area (Å²) in [6.07, 6.45) is 0. The Labute approximate surface area is 114 Å². The van der Waals surface area contributed by atoms with Gasteiger partial charge in [-0.15, -0.1) is 0 Å². The zero-order valence-electron chi connectivity index (χ0n) is 12.3. The van der Waals surface area contributed by atoms with Gasteiger partial charge in [-0.3, -0.25) is 0 Å². The van der Waals surface area contributed by atoms with Gasteiger partial charge in [0, 0.05) is 0 Å². The van der Waals surface area contributed by atoms with E-state index in [0.717, 1.165) is 6.07 Å². The minimum absolute atomic E-state index is 0.0818. The van der Waals surface area contributed by atoms with Gasteiger partial charge in [-0.1, -0.05) is 26.8 Å². The average molecular weight is 284 g/mol. The zero-order chi connectivity index (χ0) is 15.0. The molecule has 0 saturated heterocycles. The van der Waals surface area contributed by atoms with Crippen LogP contribution in [0.4, 0.5) is 4.39 Å². The molecule has 0 aromatic heterocycles. The molecule has 19 heavy (non-hydrogen) atoms. The number of hydrogen-bond donors (Lipinski definition) is 1. The van der Waals surface area contributed by atoms with E-state index < -0.39 is 20.1 Å². The minimum atomic E-state index is -2.21. The van der Waals surface area contributed by atoms with Crippen LogP contribution in [0.3, 0.4) is 0 Å². The lowest BCUT2D eigenvalue weighted by Gasteiger charge is -2.37. The molecule has 0 heterocycles. The first-order chi connectivity index (χ1) is 8.47. The second kappa shape index (κ2) is 4.96. The first kappa shape index (κ1) is 15.7. The molecule has 3 nitrogen and oxygen atoms in total. The number of aryl methyl sites for hydroxylation is 1. The van der Waals surface area contributed by atoms with Gasteiger partial charge in [0.1, 0.15) is 17.1 Å². The Bertz CT molecular complexity index is 504. The monoisotopic (exact) mass is 284 g/mol. The maximum atomic E-state index is 13.7. The fourth-order valence-corrected chi connectivity index (χ4v) is 2.48. The van der Waals surface area contributed by atoms with Crippen LogP contribution in [-0.4, -0.2) is 19.4 Å². The van der Waals surface area contributed by atoms with Crippen LogP contribution in [0, 0.1) is 12.7 Å². The Morgan fingerprint density at radius 1 is 1.32 bits per heavy atom. The van der Waals surface area contributed by atoms with E-state index in [0.29, 0.717) is 5.56 Å². The number of hydrogen-bond acceptors (Lipinski definition) is 2. The second-order valence-electron chi connectivity index (χ2n) is 6.24. The number of carbonyl (C=O) groups is 1. The Morgan fingerprint density at radius 3 is 2.26 bits per heavy atom. The van der Waals surface area contributed by atoms with Crippen LogP contribution in [0.2, 0.25) is 18.1 Å². The van der Waals surface area contributed by atoms with Gasteiger partial charge in [-0.05, 0) is 36.7 Å². The number of aromatic carboxylic acids is 1. The summed E-state index contributed by atoms with van der Waals surface area (Å²) in [6, 6.07) is 2.71. The summed E-state index contributed by atoms with van der Waals surface area (Å²) in [7, 11) is -2.21. The summed E-state index contributed by atoms with van der Waals surface area (Å²) in [5.74, 6) is -1.89. The molecule has 0 aliphatic rings. The summed E-state index contributed by atoms with van der Waals surface area (Å²) in [6.45, 7) is 11.9. The molecule has 1 rings (SSSR count). The second-order valence-corrected chi connectivity index (χ2v) is 11.0. The maximum absolute atomic E-state index is 13.7. The normalized spacial score (nSPS) is 12.4. The molecule has 0 bridgehead atoms. The van der Waals surface area contributed by atoms with Crippen molar-refractivity contribution in [2.45, 2.75) is 45.8 Å². The van der Waals surface area contributed by atoms with E-state index in [1.165, 1.54) is 0 Å². The standard InChI is InChI=1S/C14H21FO3Si/c1-9-7-8-10(15)11(13(16)17)12(9)18-19(5,6)14(2,3)4/h7-8H,1-6H3,(H,16,17). The third-order valence-electron chi connectivity index (χ3n) is 3.68. The van der Waals surface area contributed by atoms with E-state index in [-0.39, 0.29) is 16.4 Å². The topological polar surface area (TPSA) is 46.5 Å². The van der Waals surface area contributed by atoms with Crippen LogP contribution in [0.25, 0.3) is 0 Å². The van der Waals surface area contributed by atoms with E-state index in [4.69, 9.17) is 9.53 Å². The lowest BCUT2D eigenvalue weighted by molar-refractivity contribution is 0.0689. The fourth-order valence-electron chi connectivity index (χ4n) is 1.40. The molecule has 1 N–H and O–H groups in total. The number of carboxylic acid groups (broad SMARTS) is 1. The molecule has 106 valence electrons. The number of halogens is 1. The molecule has 0 radical (unpaired) electrons. The van der Waals surface area contributed by atoms with Crippen molar-refractivity contribution in [1.29, 1.82) is 0 Å². The van der Waals surface area contributed by atoms with E-state index >= 15 is 0 Å². The lowest BCUT2D eigenvalue weighted by atomic mass is 10.1. The van der Waals surface area contributed by atoms with Crippen LogP contribution in [0.15, 0.2) is 12.1 Å². The van der Waals surface area contributed by atoms with Crippen LogP contribution in [0.1, 0.15) is 36.7 Å². The van der Waals surface area contributed by atoms with Crippen molar-refractivity contribution < 1.29 is 18.7 Å². The summed E-state index contributed by atoms with van der Waals surface area (Å²) in [4.78, 5) is 11.2. The molecule has 0 aliphatic heterocycles. The summed E-state index contributed by atoms with van der Waals surface area (Å²) < 4.78 is 19.7. The van der Waals surface area contributed by atoms with Crippen molar-refractivity contribution in [3.8, 4) is 5.75 Å². The van der Waals surface area contributed by atoms with Gasteiger partial charge in [-0.2, -0.15) is 0 Å². The van der Waals surface area contributed by atoms with E-state index in [1.807, 2.05) is 33.9 Å². The molecule has 0 unspecified atom stereocenters. The van der Waals surface area contributed by atoms with Crippen LogP contribution in [0.5, 0.6) is 5.75 Å². The van der Waals surface area contributed by atoms with Crippen molar-refractivity contribution in [3.05, 3.63) is 29.1 Å². The Kier molecular flexibility index (Phi) is 4.10. The van der Waals surface area contributed by atoms with Gasteiger partial charge in [0.05, 0.1) is 0 Å². The molecule has 1 aromatic rings. The van der Waals surface area contributed by atoms with Crippen LogP contribution < -0.4 is 4.43 Å². The van der Waals surface area contributed by atoms with Crippen molar-refractivity contribution in [1.82, 2.24) is 0 Å². The van der Waals surface area contributed by atoms with Gasteiger partial charge in [0.15, 0.2) is 0 Å². The number of benzene rings is 1. The Hall–Kier alpha value is -1.36. The minimum Gasteiger partial charge on any atom is -0.543 e. The molecule has 5 heteroatoms. The smallest absolute Gasteiger partial charge is 0.342 e. The lowest BCUT2D eigenvalue weighted by Crippen LogP contribution is -2.44. The molecule has 0 fully saturated rings. The van der Waals surface area contributed by atoms with Crippen molar-refractivity contribution >= 4 is 14.3 Å². The molecule has 0 saturated carbocycles. The van der Waals surface area contributed by atoms with Gasteiger partial charge < -0.3 is 9.53 Å². The summed E-state index contributed by atoms with van der Waals surface area (Å²) in [5.41, 5.74) is 0.272. The van der Waals surface area contributed by atoms with E-state index in [9.17, 15) is 9.18 Å². The zero-order valence-corrected chi connectivity index (χ0v) is 13.3. The highest BCUT2D eigenvalue weighted by molar-refractivity contribution is 6.74. The molecule has 0 spiro atoms. The largest absolute Gasteiger partial charge is 0.543 e. The highest BCUT2D eigenvalue weighted by Crippen LogP contribution is 2.39. The molecular formula is C14H21FO3Si. The van der Waals surface area contributed by atoms with Gasteiger partial charge >= 0.3 is 5.97 Å². The quantitative estimate of drug-likeness (QED) is 0.845. The summed E-state index contributed by atoms with van der Waals surface area (Å²) >= 11 is 0. The summed E-state index contributed by atoms with van der Waals surface area (Å²) in [5, 5.41) is 9.08. The maximum Gasteiger partial charge on any atom is 0.342 e. The molecular weight excluding hydrogens is 263 g/mol. The van der Waals surface area contributed by atoms with E-state index in [2.05, 4.69) is 0 Å². The van der Waals surface area contributed by atoms with Crippen LogP contribution >= 0.6 is 0 Å². The van der Waals surface area contributed by atoms with Gasteiger partial charge in [-0.25, -0.2) is 9.18 Å². The highest BCUT2D eigenvalue weighted by Gasteiger charge is 2.40. The average Bonchev–Trinajstić information content (AvgIpc) is 2.21. The SMILES string of the molecule is Cc1ccc(F)c(C(=O)O)c1O[Si](C)(C)C(C)(C)C. The third kappa shape index (κ3) is 3.15. The first-order valence-electron chi connectivity index (χ1n) is 6.19. The first-order valence-corrected chi connectivity index (χ1v) is 9.09. The molecule has 0 atom stereocenters. The van der Waals surface area contributed by atoms with Crippen LogP contribution in [-0.2, 0) is 0 Å². The number of carboxylic acids is 1. The van der Waals surface area contributed by atoms with E-state index in [1.54, 1.807) is 13.0 Å². The van der Waals surface area contributed by atoms with Gasteiger partial charge in [0.2, 0.25) is 0 Å². The van der Waals surface area contributed by atoms with Crippen molar-refractivity contribution in [2.24, 2.45) is 0 Å². The Morgan fingerprint density at radius 2 is 1.84 bits per heavy atom. The predicted molar refractivity (Wildman–Crippen MR) is 75.9 cm³/mol.